The Bertz CT molecular complexity index is 806. The number of fused-ring (bicyclic) bond motifs is 1. The predicted octanol–water partition coefficient (Wildman–Crippen LogP) is 2.61. The minimum atomic E-state index is -0.208. The van der Waals surface area contributed by atoms with Crippen LogP contribution in [0.25, 0.3) is 22.6 Å². The van der Waals surface area contributed by atoms with Crippen LogP contribution in [0.3, 0.4) is 0 Å². The third-order valence-electron chi connectivity index (χ3n) is 3.32. The van der Waals surface area contributed by atoms with Gasteiger partial charge in [-0.1, -0.05) is 45.0 Å². The number of H-pyrrole nitrogens is 2. The van der Waals surface area contributed by atoms with Crippen LogP contribution >= 0.6 is 0 Å². The second-order valence-corrected chi connectivity index (χ2v) is 5.84. The lowest BCUT2D eigenvalue weighted by atomic mass is 9.87. The maximum absolute atomic E-state index is 11.6. The first kappa shape index (κ1) is 12.6. The van der Waals surface area contributed by atoms with Crippen LogP contribution in [0.15, 0.2) is 35.4 Å². The van der Waals surface area contributed by atoms with E-state index in [0.29, 0.717) is 17.0 Å². The van der Waals surface area contributed by atoms with Crippen LogP contribution in [-0.2, 0) is 5.41 Å². The molecule has 1 aromatic carbocycles. The molecular weight excluding hydrogens is 252 g/mol. The van der Waals surface area contributed by atoms with Gasteiger partial charge in [-0.05, 0) is 11.0 Å². The van der Waals surface area contributed by atoms with Crippen molar-refractivity contribution in [2.75, 3.05) is 0 Å². The van der Waals surface area contributed by atoms with E-state index >= 15 is 0 Å². The normalized spacial score (nSPS) is 11.9. The SMILES string of the molecule is CC(C)(C)c1ccc(-c2nc3nc[nH]c(=O)c3[nH]2)cc1. The smallest absolute Gasteiger partial charge is 0.276 e. The molecule has 2 heterocycles. The second kappa shape index (κ2) is 4.30. The van der Waals surface area contributed by atoms with E-state index in [-0.39, 0.29) is 11.0 Å². The maximum Gasteiger partial charge on any atom is 0.276 e. The van der Waals surface area contributed by atoms with Crippen LogP contribution < -0.4 is 5.56 Å². The second-order valence-electron chi connectivity index (χ2n) is 5.84. The van der Waals surface area contributed by atoms with Gasteiger partial charge in [0.05, 0.1) is 6.33 Å². The largest absolute Gasteiger partial charge is 0.332 e. The summed E-state index contributed by atoms with van der Waals surface area (Å²) < 4.78 is 0. The minimum absolute atomic E-state index is 0.116. The average molecular weight is 268 g/mol. The van der Waals surface area contributed by atoms with Crippen molar-refractivity contribution >= 4 is 11.2 Å². The molecule has 0 amide bonds. The molecule has 5 heteroatoms. The molecule has 20 heavy (non-hydrogen) atoms. The molecule has 5 nitrogen and oxygen atoms in total. The summed E-state index contributed by atoms with van der Waals surface area (Å²) in [6.45, 7) is 6.52. The zero-order chi connectivity index (χ0) is 14.3. The van der Waals surface area contributed by atoms with Gasteiger partial charge in [-0.3, -0.25) is 4.79 Å². The standard InChI is InChI=1S/C15H16N4O/c1-15(2,3)10-6-4-9(5-7-10)12-18-11-13(19-12)16-8-17-14(11)20/h4-8H,1-3H3,(H2,16,17,18,19,20). The van der Waals surface area contributed by atoms with Crippen molar-refractivity contribution in [1.29, 1.82) is 0 Å². The first-order valence-electron chi connectivity index (χ1n) is 6.49. The summed E-state index contributed by atoms with van der Waals surface area (Å²) >= 11 is 0. The molecule has 0 fully saturated rings. The van der Waals surface area contributed by atoms with Gasteiger partial charge >= 0.3 is 0 Å². The van der Waals surface area contributed by atoms with Gasteiger partial charge in [-0.2, -0.15) is 0 Å². The van der Waals surface area contributed by atoms with Crippen LogP contribution in [-0.4, -0.2) is 19.9 Å². The highest BCUT2D eigenvalue weighted by molar-refractivity contribution is 5.74. The van der Waals surface area contributed by atoms with Crippen molar-refractivity contribution in [2.24, 2.45) is 0 Å². The van der Waals surface area contributed by atoms with Crippen LogP contribution in [0.4, 0.5) is 0 Å². The summed E-state index contributed by atoms with van der Waals surface area (Å²) in [5.41, 5.74) is 2.94. The number of hydrogen-bond acceptors (Lipinski definition) is 3. The van der Waals surface area contributed by atoms with Crippen LogP contribution in [0.5, 0.6) is 0 Å². The van der Waals surface area contributed by atoms with Crippen LogP contribution in [0.1, 0.15) is 26.3 Å². The zero-order valence-corrected chi connectivity index (χ0v) is 11.7. The Morgan fingerprint density at radius 2 is 1.80 bits per heavy atom. The molecule has 3 rings (SSSR count). The zero-order valence-electron chi connectivity index (χ0n) is 11.7. The van der Waals surface area contributed by atoms with E-state index in [4.69, 9.17) is 0 Å². The third kappa shape index (κ3) is 2.11. The van der Waals surface area contributed by atoms with Crippen molar-refractivity contribution < 1.29 is 0 Å². The van der Waals surface area contributed by atoms with Crippen molar-refractivity contribution in [3.8, 4) is 11.4 Å². The molecule has 0 bridgehead atoms. The number of rotatable bonds is 1. The molecule has 102 valence electrons. The van der Waals surface area contributed by atoms with Gasteiger partial charge in [0.15, 0.2) is 11.2 Å². The van der Waals surface area contributed by atoms with Crippen molar-refractivity contribution in [2.45, 2.75) is 26.2 Å². The topological polar surface area (TPSA) is 74.4 Å². The Morgan fingerprint density at radius 1 is 1.10 bits per heavy atom. The first-order chi connectivity index (χ1) is 9.45. The summed E-state index contributed by atoms with van der Waals surface area (Å²) in [4.78, 5) is 25.6. The minimum Gasteiger partial charge on any atom is -0.332 e. The lowest BCUT2D eigenvalue weighted by Crippen LogP contribution is -2.10. The summed E-state index contributed by atoms with van der Waals surface area (Å²) in [5, 5.41) is 0. The molecule has 2 N–H and O–H groups in total. The molecule has 0 saturated carbocycles. The summed E-state index contributed by atoms with van der Waals surface area (Å²) in [6, 6.07) is 8.18. The summed E-state index contributed by atoms with van der Waals surface area (Å²) in [5.74, 6) is 0.657. The Morgan fingerprint density at radius 3 is 2.40 bits per heavy atom. The van der Waals surface area contributed by atoms with Crippen LogP contribution in [0.2, 0.25) is 0 Å². The fraction of sp³-hybridized carbons (Fsp3) is 0.267. The number of nitrogens with zero attached hydrogens (tertiary/aromatic N) is 2. The van der Waals surface area contributed by atoms with Gasteiger partial charge < -0.3 is 9.97 Å². The van der Waals surface area contributed by atoms with Crippen molar-refractivity contribution in [1.82, 2.24) is 19.9 Å². The van der Waals surface area contributed by atoms with Gasteiger partial charge in [0.25, 0.3) is 5.56 Å². The Balaban J connectivity index is 2.07. The molecule has 0 saturated heterocycles. The van der Waals surface area contributed by atoms with E-state index in [9.17, 15) is 4.79 Å². The third-order valence-corrected chi connectivity index (χ3v) is 3.32. The first-order valence-corrected chi connectivity index (χ1v) is 6.49. The average Bonchev–Trinajstić information content (AvgIpc) is 2.83. The summed E-state index contributed by atoms with van der Waals surface area (Å²) in [7, 11) is 0. The predicted molar refractivity (Wildman–Crippen MR) is 78.6 cm³/mol. The van der Waals surface area contributed by atoms with Gasteiger partial charge in [0, 0.05) is 5.56 Å². The van der Waals surface area contributed by atoms with E-state index < -0.39 is 0 Å². The highest BCUT2D eigenvalue weighted by Gasteiger charge is 2.14. The lowest BCUT2D eigenvalue weighted by Gasteiger charge is -2.18. The molecule has 0 aliphatic carbocycles. The molecule has 0 spiro atoms. The Hall–Kier alpha value is -2.43. The van der Waals surface area contributed by atoms with E-state index in [1.165, 1.54) is 11.9 Å². The number of aromatic nitrogens is 4. The maximum atomic E-state index is 11.6. The van der Waals surface area contributed by atoms with Gasteiger partial charge in [0.1, 0.15) is 5.82 Å². The van der Waals surface area contributed by atoms with E-state index in [0.717, 1.165) is 5.56 Å². The highest BCUT2D eigenvalue weighted by Crippen LogP contribution is 2.25. The van der Waals surface area contributed by atoms with E-state index in [1.54, 1.807) is 0 Å². The number of aromatic amines is 2. The quantitative estimate of drug-likeness (QED) is 0.712. The lowest BCUT2D eigenvalue weighted by molar-refractivity contribution is 0.590. The van der Waals surface area contributed by atoms with Gasteiger partial charge in [-0.15, -0.1) is 0 Å². The molecule has 2 aromatic heterocycles. The number of nitrogens with one attached hydrogen (secondary N) is 2. The fourth-order valence-electron chi connectivity index (χ4n) is 2.10. The van der Waals surface area contributed by atoms with Crippen molar-refractivity contribution in [3.05, 3.63) is 46.5 Å². The molecule has 3 aromatic rings. The molecule has 0 atom stereocenters. The van der Waals surface area contributed by atoms with E-state index in [2.05, 4.69) is 52.8 Å². The molecule has 0 unspecified atom stereocenters. The molecule has 0 aliphatic rings. The highest BCUT2D eigenvalue weighted by atomic mass is 16.1. The van der Waals surface area contributed by atoms with Crippen molar-refractivity contribution in [3.63, 3.8) is 0 Å². The number of benzene rings is 1. The number of hydrogen-bond donors (Lipinski definition) is 2. The monoisotopic (exact) mass is 268 g/mol. The number of imidazole rings is 1. The van der Waals surface area contributed by atoms with Gasteiger partial charge in [-0.25, -0.2) is 9.97 Å². The fourth-order valence-corrected chi connectivity index (χ4v) is 2.10. The summed E-state index contributed by atoms with van der Waals surface area (Å²) in [6.07, 6.45) is 1.36. The van der Waals surface area contributed by atoms with Crippen LogP contribution in [0, 0.1) is 0 Å². The van der Waals surface area contributed by atoms with Gasteiger partial charge in [0.2, 0.25) is 0 Å². The van der Waals surface area contributed by atoms with E-state index in [1.807, 2.05) is 12.1 Å². The molecule has 0 aliphatic heterocycles. The molecular formula is C15H16N4O. The Labute approximate surface area is 116 Å². The molecule has 0 radical (unpaired) electrons. The Kier molecular flexibility index (Phi) is 2.71.